The van der Waals surface area contributed by atoms with Crippen LogP contribution in [0.1, 0.15) is 56.2 Å². The number of hydrogen-bond acceptors (Lipinski definition) is 2. The number of hydrogen-bond donors (Lipinski definition) is 1. The van der Waals surface area contributed by atoms with Crippen molar-refractivity contribution in [3.63, 3.8) is 0 Å². The van der Waals surface area contributed by atoms with E-state index in [-0.39, 0.29) is 12.1 Å². The second kappa shape index (κ2) is 10.6. The average Bonchev–Trinajstić information content (AvgIpc) is 2.76. The molecule has 0 spiro atoms. The normalized spacial score (nSPS) is 16.3. The van der Waals surface area contributed by atoms with Crippen molar-refractivity contribution in [1.29, 1.82) is 0 Å². The lowest BCUT2D eigenvalue weighted by molar-refractivity contribution is 0.0989. The number of aryl methyl sites for hydroxylation is 1. The molecular formula is C26H37N3O. The summed E-state index contributed by atoms with van der Waals surface area (Å²) in [6.07, 6.45) is 4.52. The summed E-state index contributed by atoms with van der Waals surface area (Å²) in [6, 6.07) is 17.3. The Morgan fingerprint density at radius 1 is 1.10 bits per heavy atom. The van der Waals surface area contributed by atoms with Gasteiger partial charge in [0.2, 0.25) is 0 Å². The smallest absolute Gasteiger partial charge is 0.317 e. The van der Waals surface area contributed by atoms with Crippen LogP contribution in [0, 0.1) is 13.8 Å². The number of urea groups is 1. The van der Waals surface area contributed by atoms with Crippen molar-refractivity contribution < 1.29 is 4.79 Å². The molecule has 4 nitrogen and oxygen atoms in total. The molecule has 162 valence electrons. The Balaban J connectivity index is 1.74. The first-order valence-electron chi connectivity index (χ1n) is 11.4. The minimum absolute atomic E-state index is 0.00705. The molecule has 3 rings (SSSR count). The second-order valence-corrected chi connectivity index (χ2v) is 8.70. The minimum Gasteiger partial charge on any atom is -0.317 e. The highest BCUT2D eigenvalue weighted by atomic mass is 16.2. The SMILES string of the molecule is CCCC(C)N1CCC(N(Cc2ccccc2)C(=O)Nc2cccc(C)c2C)CC1. The van der Waals surface area contributed by atoms with Crippen molar-refractivity contribution in [2.24, 2.45) is 0 Å². The van der Waals surface area contributed by atoms with Gasteiger partial charge in [0.1, 0.15) is 0 Å². The van der Waals surface area contributed by atoms with E-state index in [1.807, 2.05) is 30.3 Å². The molecule has 0 saturated carbocycles. The molecule has 30 heavy (non-hydrogen) atoms. The predicted molar refractivity (Wildman–Crippen MR) is 126 cm³/mol. The zero-order valence-electron chi connectivity index (χ0n) is 19.0. The third kappa shape index (κ3) is 5.63. The van der Waals surface area contributed by atoms with Gasteiger partial charge in [-0.15, -0.1) is 0 Å². The highest BCUT2D eigenvalue weighted by molar-refractivity contribution is 5.90. The van der Waals surface area contributed by atoms with E-state index in [9.17, 15) is 4.79 Å². The number of amides is 2. The van der Waals surface area contributed by atoms with Crippen molar-refractivity contribution in [2.45, 2.75) is 72.0 Å². The molecule has 2 aromatic rings. The third-order valence-corrected chi connectivity index (χ3v) is 6.57. The molecule has 0 radical (unpaired) electrons. The van der Waals surface area contributed by atoms with Crippen LogP contribution in [0.25, 0.3) is 0 Å². The maximum Gasteiger partial charge on any atom is 0.322 e. The summed E-state index contributed by atoms with van der Waals surface area (Å²) < 4.78 is 0. The Morgan fingerprint density at radius 3 is 2.47 bits per heavy atom. The van der Waals surface area contributed by atoms with Gasteiger partial charge in [0.25, 0.3) is 0 Å². The largest absolute Gasteiger partial charge is 0.322 e. The highest BCUT2D eigenvalue weighted by Gasteiger charge is 2.29. The summed E-state index contributed by atoms with van der Waals surface area (Å²) in [7, 11) is 0. The lowest BCUT2D eigenvalue weighted by atomic mass is 10.00. The lowest BCUT2D eigenvalue weighted by Crippen LogP contribution is -2.50. The van der Waals surface area contributed by atoms with Crippen LogP contribution in [-0.2, 0) is 6.54 Å². The maximum atomic E-state index is 13.4. The van der Waals surface area contributed by atoms with E-state index in [0.717, 1.165) is 37.2 Å². The fourth-order valence-corrected chi connectivity index (χ4v) is 4.46. The maximum absolute atomic E-state index is 13.4. The van der Waals surface area contributed by atoms with Gasteiger partial charge in [0.15, 0.2) is 0 Å². The number of carbonyl (C=O) groups is 1. The Hall–Kier alpha value is -2.33. The van der Waals surface area contributed by atoms with E-state index in [1.54, 1.807) is 0 Å². The summed E-state index contributed by atoms with van der Waals surface area (Å²) >= 11 is 0. The fraction of sp³-hybridized carbons (Fsp3) is 0.500. The van der Waals surface area contributed by atoms with Crippen LogP contribution in [0.4, 0.5) is 10.5 Å². The molecule has 0 aromatic heterocycles. The molecule has 1 aliphatic rings. The molecule has 2 amide bonds. The van der Waals surface area contributed by atoms with Crippen LogP contribution >= 0.6 is 0 Å². The van der Waals surface area contributed by atoms with E-state index < -0.39 is 0 Å². The van der Waals surface area contributed by atoms with Gasteiger partial charge >= 0.3 is 6.03 Å². The molecule has 1 aliphatic heterocycles. The van der Waals surface area contributed by atoms with Crippen molar-refractivity contribution in [3.8, 4) is 0 Å². The molecule has 2 aromatic carbocycles. The summed E-state index contributed by atoms with van der Waals surface area (Å²) in [5, 5.41) is 3.20. The molecule has 4 heteroatoms. The van der Waals surface area contributed by atoms with Crippen molar-refractivity contribution >= 4 is 11.7 Å². The summed E-state index contributed by atoms with van der Waals surface area (Å²) in [6.45, 7) is 11.5. The number of nitrogens with one attached hydrogen (secondary N) is 1. The number of piperidine rings is 1. The summed E-state index contributed by atoms with van der Waals surface area (Å²) in [5.74, 6) is 0. The Bertz CT molecular complexity index is 812. The van der Waals surface area contributed by atoms with Crippen molar-refractivity contribution in [1.82, 2.24) is 9.80 Å². The fourth-order valence-electron chi connectivity index (χ4n) is 4.46. The Morgan fingerprint density at radius 2 is 1.80 bits per heavy atom. The highest BCUT2D eigenvalue weighted by Crippen LogP contribution is 2.24. The quantitative estimate of drug-likeness (QED) is 0.612. The molecule has 1 N–H and O–H groups in total. The van der Waals surface area contributed by atoms with Crippen LogP contribution in [0.15, 0.2) is 48.5 Å². The van der Waals surface area contributed by atoms with Crippen molar-refractivity contribution in [2.75, 3.05) is 18.4 Å². The van der Waals surface area contributed by atoms with Crippen LogP contribution in [0.3, 0.4) is 0 Å². The van der Waals surface area contributed by atoms with Gasteiger partial charge in [0, 0.05) is 37.4 Å². The molecule has 0 aliphatic carbocycles. The average molecular weight is 408 g/mol. The standard InChI is InChI=1S/C26H37N3O/c1-5-10-21(3)28-17-15-24(16-18-28)29(19-23-12-7-6-8-13-23)26(30)27-25-14-9-11-20(2)22(25)4/h6-9,11-14,21,24H,5,10,15-19H2,1-4H3,(H,27,30). The second-order valence-electron chi connectivity index (χ2n) is 8.70. The number of carbonyl (C=O) groups excluding carboxylic acids is 1. The van der Waals surface area contributed by atoms with Gasteiger partial charge in [-0.25, -0.2) is 4.79 Å². The monoisotopic (exact) mass is 407 g/mol. The first-order chi connectivity index (χ1) is 14.5. The van der Waals surface area contributed by atoms with Gasteiger partial charge in [-0.3, -0.25) is 0 Å². The molecule has 1 heterocycles. The number of benzene rings is 2. The number of likely N-dealkylation sites (tertiary alicyclic amines) is 1. The minimum atomic E-state index is 0.00705. The van der Waals surface area contributed by atoms with Gasteiger partial charge in [-0.1, -0.05) is 55.8 Å². The van der Waals surface area contributed by atoms with Crippen molar-refractivity contribution in [3.05, 3.63) is 65.2 Å². The number of rotatable bonds is 7. The lowest BCUT2D eigenvalue weighted by Gasteiger charge is -2.40. The number of anilines is 1. The van der Waals surface area contributed by atoms with Gasteiger partial charge < -0.3 is 15.1 Å². The van der Waals surface area contributed by atoms with E-state index in [2.05, 4.69) is 61.0 Å². The van der Waals surface area contributed by atoms with Gasteiger partial charge in [0.05, 0.1) is 0 Å². The topological polar surface area (TPSA) is 35.6 Å². The van der Waals surface area contributed by atoms with E-state index in [1.165, 1.54) is 24.0 Å². The molecule has 1 fully saturated rings. The summed E-state index contributed by atoms with van der Waals surface area (Å²) in [4.78, 5) is 18.0. The molecule has 1 saturated heterocycles. The predicted octanol–water partition coefficient (Wildman–Crippen LogP) is 5.99. The molecular weight excluding hydrogens is 370 g/mol. The molecule has 1 unspecified atom stereocenters. The Labute approximate surface area is 182 Å². The molecule has 1 atom stereocenters. The first kappa shape index (κ1) is 22.4. The van der Waals surface area contributed by atoms with Crippen LogP contribution in [-0.4, -0.2) is 41.0 Å². The van der Waals surface area contributed by atoms with Gasteiger partial charge in [-0.2, -0.15) is 0 Å². The van der Waals surface area contributed by atoms with Gasteiger partial charge in [-0.05, 0) is 62.8 Å². The zero-order chi connectivity index (χ0) is 21.5. The zero-order valence-corrected chi connectivity index (χ0v) is 19.0. The third-order valence-electron chi connectivity index (χ3n) is 6.57. The van der Waals surface area contributed by atoms with Crippen LogP contribution in [0.5, 0.6) is 0 Å². The van der Waals surface area contributed by atoms with Crippen LogP contribution < -0.4 is 5.32 Å². The first-order valence-corrected chi connectivity index (χ1v) is 11.4. The van der Waals surface area contributed by atoms with Crippen LogP contribution in [0.2, 0.25) is 0 Å². The summed E-state index contributed by atoms with van der Waals surface area (Å²) in [5.41, 5.74) is 4.41. The number of nitrogens with zero attached hydrogens (tertiary/aromatic N) is 2. The van der Waals surface area contributed by atoms with E-state index >= 15 is 0 Å². The molecule has 0 bridgehead atoms. The van der Waals surface area contributed by atoms with E-state index in [4.69, 9.17) is 0 Å². The Kier molecular flexibility index (Phi) is 7.92. The van der Waals surface area contributed by atoms with E-state index in [0.29, 0.717) is 12.6 Å².